The maximum absolute atomic E-state index is 15.7. The summed E-state index contributed by atoms with van der Waals surface area (Å²) in [5.74, 6) is -1.77. The minimum atomic E-state index is -4.16. The second kappa shape index (κ2) is 10.8. The molecule has 1 aliphatic heterocycles. The molecule has 0 saturated carbocycles. The lowest BCUT2D eigenvalue weighted by atomic mass is 10.1. The van der Waals surface area contributed by atoms with E-state index in [1.54, 1.807) is 9.80 Å². The summed E-state index contributed by atoms with van der Waals surface area (Å²) in [6.45, 7) is 6.17. The molecule has 1 fully saturated rings. The van der Waals surface area contributed by atoms with Gasteiger partial charge in [-0.3, -0.25) is 4.79 Å². The van der Waals surface area contributed by atoms with Gasteiger partial charge in [-0.2, -0.15) is 4.98 Å². The smallest absolute Gasteiger partial charge is 0.350 e. The van der Waals surface area contributed by atoms with Gasteiger partial charge in [0.1, 0.15) is 23.1 Å². The molecule has 41 heavy (non-hydrogen) atoms. The van der Waals surface area contributed by atoms with E-state index < -0.39 is 32.4 Å². The van der Waals surface area contributed by atoms with Gasteiger partial charge in [-0.05, 0) is 50.4 Å². The number of nitrogens with one attached hydrogen (secondary N) is 1. The number of fused-ring (bicyclic) bond motifs is 1. The Hall–Kier alpha value is -4.56. The molecule has 1 aromatic carbocycles. The van der Waals surface area contributed by atoms with Crippen molar-refractivity contribution in [3.63, 3.8) is 0 Å². The number of carbonyl (C=O) groups is 1. The molecule has 1 aliphatic rings. The van der Waals surface area contributed by atoms with Crippen LogP contribution in [0.1, 0.15) is 6.92 Å². The molecule has 1 amide bonds. The van der Waals surface area contributed by atoms with E-state index in [0.717, 1.165) is 16.7 Å². The number of hydrogen-bond donors (Lipinski definition) is 1. The van der Waals surface area contributed by atoms with E-state index in [2.05, 4.69) is 26.3 Å². The van der Waals surface area contributed by atoms with E-state index in [0.29, 0.717) is 0 Å². The highest BCUT2D eigenvalue weighted by Gasteiger charge is 2.31. The number of benzene rings is 1. The summed E-state index contributed by atoms with van der Waals surface area (Å²) in [6, 6.07) is 8.97. The Balaban J connectivity index is 1.82. The summed E-state index contributed by atoms with van der Waals surface area (Å²) < 4.78 is 59.1. The van der Waals surface area contributed by atoms with Crippen molar-refractivity contribution in [2.75, 3.05) is 31.6 Å². The van der Waals surface area contributed by atoms with E-state index in [1.165, 1.54) is 49.7 Å². The van der Waals surface area contributed by atoms with Gasteiger partial charge in [-0.25, -0.2) is 41.3 Å². The molecule has 3 aromatic heterocycles. The number of nitrogens with zero attached hydrogens (tertiary/aromatic N) is 6. The molecule has 1 atom stereocenters. The van der Waals surface area contributed by atoms with Crippen LogP contribution in [0.25, 0.3) is 28.0 Å². The fraction of sp³-hybridized carbons (Fsp3) is 0.222. The number of pyridine rings is 2. The molecule has 1 N–H and O–H groups in total. The van der Waals surface area contributed by atoms with Crippen molar-refractivity contribution in [2.24, 2.45) is 0 Å². The molecule has 0 aliphatic carbocycles. The number of aromatic nitrogens is 4. The van der Waals surface area contributed by atoms with Gasteiger partial charge in [0.05, 0.1) is 11.1 Å². The fourth-order valence-electron chi connectivity index (χ4n) is 4.84. The molecule has 5 rings (SSSR count). The quantitative estimate of drug-likeness (QED) is 0.343. The van der Waals surface area contributed by atoms with Gasteiger partial charge in [0.15, 0.2) is 10.7 Å². The first-order valence-electron chi connectivity index (χ1n) is 12.5. The fourth-order valence-corrected chi connectivity index (χ4v) is 5.67. The van der Waals surface area contributed by atoms with Crippen molar-refractivity contribution in [1.29, 1.82) is 0 Å². The highest BCUT2D eigenvalue weighted by molar-refractivity contribution is 7.89. The third-order valence-corrected chi connectivity index (χ3v) is 8.19. The van der Waals surface area contributed by atoms with E-state index in [-0.39, 0.29) is 65.4 Å². The molecule has 11 nitrogen and oxygen atoms in total. The van der Waals surface area contributed by atoms with Gasteiger partial charge < -0.3 is 9.80 Å². The van der Waals surface area contributed by atoms with E-state index in [9.17, 15) is 22.4 Å². The molecule has 0 radical (unpaired) electrons. The number of piperazine rings is 1. The van der Waals surface area contributed by atoms with Crippen LogP contribution < -0.4 is 15.3 Å². The van der Waals surface area contributed by atoms with Gasteiger partial charge in [-0.15, -0.1) is 0 Å². The van der Waals surface area contributed by atoms with Crippen LogP contribution in [0.15, 0.2) is 71.1 Å². The molecular weight excluding hydrogens is 556 g/mol. The van der Waals surface area contributed by atoms with Crippen molar-refractivity contribution < 1.29 is 22.0 Å². The molecule has 0 unspecified atom stereocenters. The van der Waals surface area contributed by atoms with Gasteiger partial charge in [-0.1, -0.05) is 18.7 Å². The molecule has 0 bridgehead atoms. The van der Waals surface area contributed by atoms with Gasteiger partial charge >= 0.3 is 5.69 Å². The molecule has 4 aromatic rings. The Morgan fingerprint density at radius 1 is 1.12 bits per heavy atom. The first-order chi connectivity index (χ1) is 19.6. The lowest BCUT2D eigenvalue weighted by Crippen LogP contribution is -2.54. The Morgan fingerprint density at radius 2 is 1.88 bits per heavy atom. The summed E-state index contributed by atoms with van der Waals surface area (Å²) in [5, 5.41) is -0.405. The van der Waals surface area contributed by atoms with Crippen LogP contribution in [0.3, 0.4) is 0 Å². The standard InChI is InChI=1S/C27H25F2N7O4S/c1-4-22(37)34-12-13-35(16(2)15-34)24-18-14-20(29)23(17-8-5-6-9-19(17)28)32-25(18)36(27(38)33-24)21-10-7-11-31-26(21)41(39,40)30-3/h4-11,14,16,30H,1,12-13,15H2,2-3H3/t16-/m0/s1. The molecular formula is C27H25F2N7O4S. The second-order valence-corrected chi connectivity index (χ2v) is 11.1. The average molecular weight is 582 g/mol. The minimum absolute atomic E-state index is 0.0780. The summed E-state index contributed by atoms with van der Waals surface area (Å²) in [5.41, 5.74) is -1.77. The largest absolute Gasteiger partial charge is 0.355 e. The third kappa shape index (κ3) is 4.95. The van der Waals surface area contributed by atoms with Gasteiger partial charge in [0.25, 0.3) is 10.0 Å². The zero-order valence-electron chi connectivity index (χ0n) is 22.1. The zero-order chi connectivity index (χ0) is 29.5. The van der Waals surface area contributed by atoms with Crippen molar-refractivity contribution in [2.45, 2.75) is 18.0 Å². The number of carbonyl (C=O) groups excluding carboxylic acids is 1. The van der Waals surface area contributed by atoms with E-state index in [1.807, 2.05) is 6.92 Å². The summed E-state index contributed by atoms with van der Waals surface area (Å²) in [4.78, 5) is 41.8. The van der Waals surface area contributed by atoms with Crippen LogP contribution in [0.2, 0.25) is 0 Å². The van der Waals surface area contributed by atoms with Crippen LogP contribution in [0.4, 0.5) is 14.6 Å². The highest BCUT2D eigenvalue weighted by atomic mass is 32.2. The molecule has 4 heterocycles. The number of halogens is 2. The maximum Gasteiger partial charge on any atom is 0.355 e. The number of anilines is 1. The highest BCUT2D eigenvalue weighted by Crippen LogP contribution is 2.32. The van der Waals surface area contributed by atoms with Crippen molar-refractivity contribution in [1.82, 2.24) is 29.1 Å². The minimum Gasteiger partial charge on any atom is -0.350 e. The number of hydrogen-bond acceptors (Lipinski definition) is 8. The van der Waals surface area contributed by atoms with Crippen LogP contribution in [-0.4, -0.2) is 71.5 Å². The monoisotopic (exact) mass is 581 g/mol. The Bertz CT molecular complexity index is 1860. The number of sulfonamides is 1. The topological polar surface area (TPSA) is 130 Å². The first-order valence-corrected chi connectivity index (χ1v) is 14.0. The lowest BCUT2D eigenvalue weighted by Gasteiger charge is -2.40. The predicted octanol–water partition coefficient (Wildman–Crippen LogP) is 2.25. The van der Waals surface area contributed by atoms with Gasteiger partial charge in [0.2, 0.25) is 5.91 Å². The van der Waals surface area contributed by atoms with Crippen LogP contribution >= 0.6 is 0 Å². The van der Waals surface area contributed by atoms with E-state index in [4.69, 9.17) is 0 Å². The van der Waals surface area contributed by atoms with Crippen LogP contribution in [0.5, 0.6) is 0 Å². The summed E-state index contributed by atoms with van der Waals surface area (Å²) in [6.07, 6.45) is 2.46. The molecule has 14 heteroatoms. The first kappa shape index (κ1) is 28.0. The SMILES string of the molecule is C=CC(=O)N1CCN(c2nc(=O)n(-c3cccnc3S(=O)(=O)NC)c3nc(-c4ccccc4F)c(F)cc23)[C@@H](C)C1. The zero-order valence-corrected chi connectivity index (χ0v) is 22.9. The molecule has 212 valence electrons. The van der Waals surface area contributed by atoms with Crippen LogP contribution in [-0.2, 0) is 14.8 Å². The molecule has 1 saturated heterocycles. The Kier molecular flexibility index (Phi) is 7.36. The Morgan fingerprint density at radius 3 is 2.56 bits per heavy atom. The molecule has 0 spiro atoms. The second-order valence-electron chi connectivity index (χ2n) is 9.29. The predicted molar refractivity (Wildman–Crippen MR) is 148 cm³/mol. The Labute approximate surface area is 233 Å². The normalized spacial score (nSPS) is 15.8. The summed E-state index contributed by atoms with van der Waals surface area (Å²) in [7, 11) is -2.97. The lowest BCUT2D eigenvalue weighted by molar-refractivity contribution is -0.126. The average Bonchev–Trinajstić information content (AvgIpc) is 2.97. The number of rotatable bonds is 6. The number of amides is 1. The van der Waals surface area contributed by atoms with Crippen molar-refractivity contribution >= 4 is 32.8 Å². The summed E-state index contributed by atoms with van der Waals surface area (Å²) >= 11 is 0. The van der Waals surface area contributed by atoms with Gasteiger partial charge in [0, 0.05) is 37.4 Å². The van der Waals surface area contributed by atoms with Crippen LogP contribution in [0, 0.1) is 11.6 Å². The van der Waals surface area contributed by atoms with Crippen molar-refractivity contribution in [3.05, 3.63) is 83.4 Å². The third-order valence-electron chi connectivity index (χ3n) is 6.83. The maximum atomic E-state index is 15.7. The van der Waals surface area contributed by atoms with Crippen molar-refractivity contribution in [3.8, 4) is 16.9 Å². The van der Waals surface area contributed by atoms with E-state index >= 15 is 4.39 Å².